The molecule has 2 aromatic rings. The molecule has 1 fully saturated rings. The minimum atomic E-state index is -0.517. The highest BCUT2D eigenvalue weighted by Crippen LogP contribution is 2.38. The van der Waals surface area contributed by atoms with Crippen molar-refractivity contribution in [3.05, 3.63) is 48.7 Å². The van der Waals surface area contributed by atoms with Gasteiger partial charge in [0.1, 0.15) is 18.5 Å². The number of aliphatic hydroxyl groups excluding tert-OH is 1. The van der Waals surface area contributed by atoms with Crippen LogP contribution in [0.25, 0.3) is 11.3 Å². The van der Waals surface area contributed by atoms with Gasteiger partial charge in [0.2, 0.25) is 0 Å². The lowest BCUT2D eigenvalue weighted by molar-refractivity contribution is -0.0606. The minimum absolute atomic E-state index is 0. The summed E-state index contributed by atoms with van der Waals surface area (Å²) in [6, 6.07) is 13.8. The van der Waals surface area contributed by atoms with Crippen LogP contribution in [0.5, 0.6) is 5.75 Å². The van der Waals surface area contributed by atoms with Crippen molar-refractivity contribution in [3.8, 4) is 17.0 Å². The number of pyridine rings is 1. The van der Waals surface area contributed by atoms with E-state index >= 15 is 0 Å². The molecule has 162 valence electrons. The highest BCUT2D eigenvalue weighted by Gasteiger charge is 2.41. The summed E-state index contributed by atoms with van der Waals surface area (Å²) >= 11 is 0. The number of aliphatic hydroxyl groups is 1. The van der Waals surface area contributed by atoms with Crippen molar-refractivity contribution in [2.75, 3.05) is 13.2 Å². The molecule has 0 spiro atoms. The fourth-order valence-corrected chi connectivity index (χ4v) is 4.25. The number of rotatable bonds is 6. The Bertz CT molecular complexity index is 720. The molecule has 1 aromatic heterocycles. The molecule has 0 amide bonds. The Hall–Kier alpha value is -1.33. The van der Waals surface area contributed by atoms with Gasteiger partial charge < -0.3 is 9.84 Å². The van der Waals surface area contributed by atoms with Crippen LogP contribution in [-0.4, -0.2) is 45.3 Å². The van der Waals surface area contributed by atoms with Crippen molar-refractivity contribution in [2.45, 2.75) is 64.1 Å². The third-order valence-corrected chi connectivity index (χ3v) is 5.69. The second kappa shape index (κ2) is 10.6. The second-order valence-corrected chi connectivity index (χ2v) is 8.79. The van der Waals surface area contributed by atoms with Crippen molar-refractivity contribution in [1.29, 1.82) is 0 Å². The van der Waals surface area contributed by atoms with Crippen LogP contribution in [0.15, 0.2) is 48.7 Å². The first-order valence-corrected chi connectivity index (χ1v) is 9.88. The van der Waals surface area contributed by atoms with E-state index in [-0.39, 0.29) is 35.9 Å². The number of benzene rings is 1. The number of hydrogen-bond donors (Lipinski definition) is 1. The van der Waals surface area contributed by atoms with Crippen molar-refractivity contribution in [3.63, 3.8) is 0 Å². The third kappa shape index (κ3) is 6.58. The molecule has 1 aromatic carbocycles. The van der Waals surface area contributed by atoms with Gasteiger partial charge in [-0.05, 0) is 83.4 Å². The second-order valence-electron chi connectivity index (χ2n) is 8.79. The Morgan fingerprint density at radius 1 is 1.00 bits per heavy atom. The van der Waals surface area contributed by atoms with Crippen LogP contribution in [-0.2, 0) is 0 Å². The first-order chi connectivity index (χ1) is 12.8. The monoisotopic (exact) mass is 440 g/mol. The van der Waals surface area contributed by atoms with E-state index in [1.165, 1.54) is 19.3 Å². The standard InChI is InChI=1S/C23H32N2O2.2ClH/c1-22(2)13-7-14-23(3,4)25(22)16-19(26)17-27-20-11-9-18(10-12-20)21-8-5-6-15-24-21;;/h5-6,8-12,15,19,26H,7,13-14,16-17H2,1-4H3;2*1H. The van der Waals surface area contributed by atoms with Gasteiger partial charge in [-0.2, -0.15) is 0 Å². The van der Waals surface area contributed by atoms with E-state index in [9.17, 15) is 5.11 Å². The summed E-state index contributed by atoms with van der Waals surface area (Å²) in [5.41, 5.74) is 2.21. The van der Waals surface area contributed by atoms with E-state index in [0.717, 1.165) is 17.0 Å². The van der Waals surface area contributed by atoms with Crippen molar-refractivity contribution in [1.82, 2.24) is 9.88 Å². The van der Waals surface area contributed by atoms with Crippen LogP contribution < -0.4 is 4.74 Å². The lowest BCUT2D eigenvalue weighted by Crippen LogP contribution is -2.60. The van der Waals surface area contributed by atoms with E-state index in [1.807, 2.05) is 42.5 Å². The van der Waals surface area contributed by atoms with Crippen LogP contribution in [0.4, 0.5) is 0 Å². The molecule has 0 saturated carbocycles. The Labute approximate surface area is 187 Å². The first kappa shape index (κ1) is 25.7. The number of β-amino-alcohol motifs (C(OH)–C–C–N with tert-alkyl or cyclic N) is 1. The molecule has 3 rings (SSSR count). The molecule has 1 atom stereocenters. The van der Waals surface area contributed by atoms with E-state index in [0.29, 0.717) is 13.2 Å². The summed E-state index contributed by atoms with van der Waals surface area (Å²) in [7, 11) is 0. The molecule has 1 aliphatic rings. The summed E-state index contributed by atoms with van der Waals surface area (Å²) in [6.45, 7) is 10.0. The Morgan fingerprint density at radius 2 is 1.62 bits per heavy atom. The van der Waals surface area contributed by atoms with Crippen molar-refractivity contribution < 1.29 is 9.84 Å². The van der Waals surface area contributed by atoms with Gasteiger partial charge in [0.15, 0.2) is 0 Å². The predicted octanol–water partition coefficient (Wildman–Crippen LogP) is 5.38. The van der Waals surface area contributed by atoms with E-state index < -0.39 is 6.10 Å². The largest absolute Gasteiger partial charge is 0.491 e. The zero-order chi connectivity index (χ0) is 19.5. The third-order valence-electron chi connectivity index (χ3n) is 5.69. The molecular weight excluding hydrogens is 407 g/mol. The highest BCUT2D eigenvalue weighted by atomic mass is 35.5. The van der Waals surface area contributed by atoms with Gasteiger partial charge >= 0.3 is 0 Å². The number of piperidine rings is 1. The van der Waals surface area contributed by atoms with Gasteiger partial charge in [-0.15, -0.1) is 24.8 Å². The van der Waals surface area contributed by atoms with Gasteiger partial charge in [-0.3, -0.25) is 9.88 Å². The van der Waals surface area contributed by atoms with Gasteiger partial charge in [-0.25, -0.2) is 0 Å². The molecule has 2 heterocycles. The molecule has 1 unspecified atom stereocenters. The molecular formula is C23H34Cl2N2O2. The maximum Gasteiger partial charge on any atom is 0.119 e. The van der Waals surface area contributed by atoms with Crippen LogP contribution in [0.3, 0.4) is 0 Å². The van der Waals surface area contributed by atoms with Gasteiger partial charge in [0.05, 0.1) is 5.69 Å². The number of aromatic nitrogens is 1. The molecule has 1 N–H and O–H groups in total. The summed E-state index contributed by atoms with van der Waals surface area (Å²) in [6.07, 6.45) is 4.85. The summed E-state index contributed by atoms with van der Waals surface area (Å²) < 4.78 is 5.84. The number of ether oxygens (including phenoxy) is 1. The zero-order valence-corrected chi connectivity index (χ0v) is 19.4. The SMILES string of the molecule is CC1(C)CCCC(C)(C)N1CC(O)COc1ccc(-c2ccccn2)cc1.Cl.Cl. The first-order valence-electron chi connectivity index (χ1n) is 9.88. The Kier molecular flexibility index (Phi) is 9.42. The molecule has 0 bridgehead atoms. The molecule has 29 heavy (non-hydrogen) atoms. The van der Waals surface area contributed by atoms with Crippen LogP contribution in [0.2, 0.25) is 0 Å². The molecule has 1 aliphatic heterocycles. The Balaban J connectivity index is 0.00000210. The maximum absolute atomic E-state index is 10.6. The van der Waals surface area contributed by atoms with E-state index in [1.54, 1.807) is 6.20 Å². The average Bonchev–Trinajstić information content (AvgIpc) is 2.64. The normalized spacial score (nSPS) is 18.8. The quantitative estimate of drug-likeness (QED) is 0.654. The number of hydrogen-bond acceptors (Lipinski definition) is 4. The molecule has 0 aliphatic carbocycles. The van der Waals surface area contributed by atoms with Gasteiger partial charge in [0.25, 0.3) is 0 Å². The van der Waals surface area contributed by atoms with Gasteiger partial charge in [0, 0.05) is 29.4 Å². The molecule has 6 heteroatoms. The van der Waals surface area contributed by atoms with Gasteiger partial charge in [-0.1, -0.05) is 6.07 Å². The van der Waals surface area contributed by atoms with Crippen LogP contribution >= 0.6 is 24.8 Å². The van der Waals surface area contributed by atoms with Crippen molar-refractivity contribution >= 4 is 24.8 Å². The number of likely N-dealkylation sites (tertiary alicyclic amines) is 1. The summed E-state index contributed by atoms with van der Waals surface area (Å²) in [5.74, 6) is 0.769. The minimum Gasteiger partial charge on any atom is -0.491 e. The molecule has 0 radical (unpaired) electrons. The van der Waals surface area contributed by atoms with Crippen LogP contribution in [0, 0.1) is 0 Å². The summed E-state index contributed by atoms with van der Waals surface area (Å²) in [5, 5.41) is 10.6. The fraction of sp³-hybridized carbons (Fsp3) is 0.522. The van der Waals surface area contributed by atoms with Crippen LogP contribution in [0.1, 0.15) is 47.0 Å². The predicted molar refractivity (Wildman–Crippen MR) is 124 cm³/mol. The average molecular weight is 441 g/mol. The lowest BCUT2D eigenvalue weighted by Gasteiger charge is -2.53. The topological polar surface area (TPSA) is 45.6 Å². The molecule has 4 nitrogen and oxygen atoms in total. The lowest BCUT2D eigenvalue weighted by atomic mass is 9.79. The van der Waals surface area contributed by atoms with Crippen molar-refractivity contribution in [2.24, 2.45) is 0 Å². The number of nitrogens with zero attached hydrogens (tertiary/aromatic N) is 2. The molecule has 1 saturated heterocycles. The van der Waals surface area contributed by atoms with E-state index in [4.69, 9.17) is 4.74 Å². The highest BCUT2D eigenvalue weighted by molar-refractivity contribution is 5.85. The maximum atomic E-state index is 10.6. The zero-order valence-electron chi connectivity index (χ0n) is 17.8. The number of halogens is 2. The fourth-order valence-electron chi connectivity index (χ4n) is 4.25. The smallest absolute Gasteiger partial charge is 0.119 e. The van der Waals surface area contributed by atoms with E-state index in [2.05, 4.69) is 37.6 Å². The summed E-state index contributed by atoms with van der Waals surface area (Å²) in [4.78, 5) is 6.80. The Morgan fingerprint density at radius 3 is 2.17 bits per heavy atom.